The topological polar surface area (TPSA) is 100 Å². The van der Waals surface area contributed by atoms with Gasteiger partial charge in [-0.15, -0.1) is 0 Å². The van der Waals surface area contributed by atoms with E-state index in [0.29, 0.717) is 16.8 Å². The van der Waals surface area contributed by atoms with Gasteiger partial charge < -0.3 is 5.32 Å². The number of nitrogens with zero attached hydrogens (tertiary/aromatic N) is 3. The number of nitriles is 3. The van der Waals surface area contributed by atoms with E-state index in [4.69, 9.17) is 15.8 Å². The summed E-state index contributed by atoms with van der Waals surface area (Å²) in [6.45, 7) is 0. The number of carbonyl (C=O) groups excluding carboxylic acids is 1. The van der Waals surface area contributed by atoms with Crippen LogP contribution in [0.25, 0.3) is 0 Å². The monoisotopic (exact) mass is 376 g/mol. The third kappa shape index (κ3) is 3.67. The minimum atomic E-state index is -0.344. The van der Waals surface area contributed by atoms with Crippen molar-refractivity contribution in [2.24, 2.45) is 0 Å². The minimum Gasteiger partial charge on any atom is -0.345 e. The van der Waals surface area contributed by atoms with E-state index < -0.39 is 0 Å². The molecule has 1 N–H and O–H groups in total. The summed E-state index contributed by atoms with van der Waals surface area (Å²) in [5.41, 5.74) is 0.628. The number of benzene rings is 2. The van der Waals surface area contributed by atoms with Crippen LogP contribution in [-0.2, 0) is 0 Å². The van der Waals surface area contributed by atoms with Crippen molar-refractivity contribution in [1.29, 1.82) is 15.8 Å². The van der Waals surface area contributed by atoms with E-state index in [-0.39, 0.29) is 17.1 Å². The highest BCUT2D eigenvalue weighted by molar-refractivity contribution is 9.10. The Labute approximate surface area is 147 Å². The molecule has 0 saturated heterocycles. The number of carbonyl (C=O) groups is 1. The van der Waals surface area contributed by atoms with Crippen LogP contribution >= 0.6 is 15.9 Å². The first-order chi connectivity index (χ1) is 11.6. The Morgan fingerprint density at radius 3 is 2.12 bits per heavy atom. The van der Waals surface area contributed by atoms with Gasteiger partial charge in [0.15, 0.2) is 11.4 Å². The van der Waals surface area contributed by atoms with Crippen LogP contribution in [0.4, 0.5) is 5.69 Å². The molecule has 0 fully saturated rings. The van der Waals surface area contributed by atoms with E-state index in [0.717, 1.165) is 4.47 Å². The maximum atomic E-state index is 12.7. The largest absolute Gasteiger partial charge is 0.345 e. The fraction of sp³-hybridized carbons (Fsp3) is 0. The summed E-state index contributed by atoms with van der Waals surface area (Å²) in [7, 11) is 0. The SMILES string of the molecule is N#CC(C#N)=C(C#N)Nc1ccccc1C(=O)c1ccc(Br)cc1. The second kappa shape index (κ2) is 7.74. The number of ketones is 1. The average molecular weight is 377 g/mol. The summed E-state index contributed by atoms with van der Waals surface area (Å²) < 4.78 is 0.854. The molecule has 6 heteroatoms. The van der Waals surface area contributed by atoms with Crippen molar-refractivity contribution in [3.63, 3.8) is 0 Å². The van der Waals surface area contributed by atoms with Gasteiger partial charge in [0.25, 0.3) is 0 Å². The van der Waals surface area contributed by atoms with Crippen molar-refractivity contribution in [3.05, 3.63) is 75.4 Å². The zero-order valence-electron chi connectivity index (χ0n) is 12.2. The lowest BCUT2D eigenvalue weighted by Gasteiger charge is -2.10. The molecule has 0 aliphatic heterocycles. The van der Waals surface area contributed by atoms with Gasteiger partial charge in [-0.05, 0) is 36.4 Å². The normalized spacial score (nSPS) is 9.08. The van der Waals surface area contributed by atoms with Crippen LogP contribution in [0.3, 0.4) is 0 Å². The molecule has 0 radical (unpaired) electrons. The summed E-state index contributed by atoms with van der Waals surface area (Å²) >= 11 is 3.31. The number of para-hydroxylation sites is 1. The molecule has 0 aliphatic rings. The van der Waals surface area contributed by atoms with Crippen LogP contribution < -0.4 is 5.32 Å². The summed E-state index contributed by atoms with van der Waals surface area (Å²) in [6, 6.07) is 18.6. The van der Waals surface area contributed by atoms with Gasteiger partial charge in [0.1, 0.15) is 23.9 Å². The van der Waals surface area contributed by atoms with Crippen LogP contribution in [-0.4, -0.2) is 5.78 Å². The maximum Gasteiger partial charge on any atom is 0.195 e. The molecule has 2 aromatic carbocycles. The molecule has 0 bridgehead atoms. The van der Waals surface area contributed by atoms with Gasteiger partial charge in [0.2, 0.25) is 0 Å². The zero-order chi connectivity index (χ0) is 17.5. The molecule has 0 aliphatic carbocycles. The molecule has 0 heterocycles. The van der Waals surface area contributed by atoms with Gasteiger partial charge in [0, 0.05) is 15.6 Å². The lowest BCUT2D eigenvalue weighted by atomic mass is 10.0. The van der Waals surface area contributed by atoms with Crippen LogP contribution in [0.1, 0.15) is 15.9 Å². The highest BCUT2D eigenvalue weighted by Crippen LogP contribution is 2.22. The van der Waals surface area contributed by atoms with Crippen molar-refractivity contribution in [3.8, 4) is 18.2 Å². The smallest absolute Gasteiger partial charge is 0.195 e. The lowest BCUT2D eigenvalue weighted by Crippen LogP contribution is -2.08. The molecule has 0 saturated carbocycles. The van der Waals surface area contributed by atoms with Crippen LogP contribution in [0, 0.1) is 34.0 Å². The number of hydrogen-bond donors (Lipinski definition) is 1. The third-order valence-corrected chi connectivity index (χ3v) is 3.65. The Morgan fingerprint density at radius 2 is 1.54 bits per heavy atom. The van der Waals surface area contributed by atoms with E-state index in [1.807, 2.05) is 0 Å². The van der Waals surface area contributed by atoms with Gasteiger partial charge in [-0.2, -0.15) is 15.8 Å². The molecule has 0 atom stereocenters. The second-order valence-corrected chi connectivity index (χ2v) is 5.51. The van der Waals surface area contributed by atoms with E-state index >= 15 is 0 Å². The lowest BCUT2D eigenvalue weighted by molar-refractivity contribution is 0.103. The van der Waals surface area contributed by atoms with Crippen LogP contribution in [0.15, 0.2) is 64.3 Å². The Bertz CT molecular complexity index is 925. The molecule has 2 aromatic rings. The fourth-order valence-electron chi connectivity index (χ4n) is 1.96. The molecular weight excluding hydrogens is 368 g/mol. The molecule has 0 unspecified atom stereocenters. The van der Waals surface area contributed by atoms with E-state index in [1.165, 1.54) is 0 Å². The number of rotatable bonds is 4. The first kappa shape index (κ1) is 17.0. The van der Waals surface area contributed by atoms with Crippen LogP contribution in [0.2, 0.25) is 0 Å². The summed E-state index contributed by atoms with van der Waals surface area (Å²) in [4.78, 5) is 12.7. The predicted octanol–water partition coefficient (Wildman–Crippen LogP) is 3.92. The predicted molar refractivity (Wildman–Crippen MR) is 91.5 cm³/mol. The maximum absolute atomic E-state index is 12.7. The molecule has 114 valence electrons. The fourth-order valence-corrected chi connectivity index (χ4v) is 2.23. The molecule has 5 nitrogen and oxygen atoms in total. The Morgan fingerprint density at radius 1 is 0.917 bits per heavy atom. The first-order valence-electron chi connectivity index (χ1n) is 6.71. The highest BCUT2D eigenvalue weighted by Gasteiger charge is 2.15. The Kier molecular flexibility index (Phi) is 5.47. The quantitative estimate of drug-likeness (QED) is 0.643. The number of allylic oxidation sites excluding steroid dienone is 2. The van der Waals surface area contributed by atoms with Crippen molar-refractivity contribution >= 4 is 27.4 Å². The van der Waals surface area contributed by atoms with Gasteiger partial charge in [0.05, 0.1) is 5.69 Å². The Balaban J connectivity index is 2.46. The molecule has 24 heavy (non-hydrogen) atoms. The van der Waals surface area contributed by atoms with Gasteiger partial charge >= 0.3 is 0 Å². The van der Waals surface area contributed by atoms with Crippen molar-refractivity contribution in [2.75, 3.05) is 5.32 Å². The van der Waals surface area contributed by atoms with Gasteiger partial charge in [-0.3, -0.25) is 4.79 Å². The van der Waals surface area contributed by atoms with E-state index in [9.17, 15) is 4.79 Å². The number of halogens is 1. The van der Waals surface area contributed by atoms with Gasteiger partial charge in [-0.1, -0.05) is 28.1 Å². The summed E-state index contributed by atoms with van der Waals surface area (Å²) in [6.07, 6.45) is 0. The third-order valence-electron chi connectivity index (χ3n) is 3.12. The molecule has 2 rings (SSSR count). The van der Waals surface area contributed by atoms with Gasteiger partial charge in [-0.25, -0.2) is 0 Å². The number of hydrogen-bond acceptors (Lipinski definition) is 5. The average Bonchev–Trinajstić information content (AvgIpc) is 2.62. The molecule has 0 amide bonds. The van der Waals surface area contributed by atoms with Crippen molar-refractivity contribution in [1.82, 2.24) is 0 Å². The number of nitrogens with one attached hydrogen (secondary N) is 1. The standard InChI is InChI=1S/C18H9BrN4O/c19-14-7-5-12(6-8-14)18(24)15-3-1-2-4-16(15)23-17(11-22)13(9-20)10-21/h1-8,23H. The summed E-state index contributed by atoms with van der Waals surface area (Å²) in [5.74, 6) is -0.238. The van der Waals surface area contributed by atoms with Crippen molar-refractivity contribution in [2.45, 2.75) is 0 Å². The van der Waals surface area contributed by atoms with E-state index in [2.05, 4.69) is 21.2 Å². The zero-order valence-corrected chi connectivity index (χ0v) is 13.8. The van der Waals surface area contributed by atoms with Crippen molar-refractivity contribution < 1.29 is 4.79 Å². The summed E-state index contributed by atoms with van der Waals surface area (Å²) in [5, 5.41) is 29.6. The first-order valence-corrected chi connectivity index (χ1v) is 7.51. The second-order valence-electron chi connectivity index (χ2n) is 4.59. The van der Waals surface area contributed by atoms with E-state index in [1.54, 1.807) is 66.7 Å². The number of anilines is 1. The molecular formula is C18H9BrN4O. The highest BCUT2D eigenvalue weighted by atomic mass is 79.9. The van der Waals surface area contributed by atoms with Crippen LogP contribution in [0.5, 0.6) is 0 Å². The minimum absolute atomic E-state index is 0.198. The molecule has 0 aromatic heterocycles. The Hall–Kier alpha value is -3.40. The molecule has 0 spiro atoms.